The fraction of sp³-hybridized carbons (Fsp3) is 0.0625. The molecule has 0 bridgehead atoms. The lowest BCUT2D eigenvalue weighted by Gasteiger charge is -2.00. The third-order valence-electron chi connectivity index (χ3n) is 2.55. The maximum Gasteiger partial charge on any atom is 0.248 e. The highest BCUT2D eigenvalue weighted by atomic mass is 16.1. The Balaban J connectivity index is 1.97. The summed E-state index contributed by atoms with van der Waals surface area (Å²) in [5.74, 6) is -0.123. The molecular formula is C16H15NO. The summed E-state index contributed by atoms with van der Waals surface area (Å²) in [5.41, 5.74) is 3.03. The summed E-state index contributed by atoms with van der Waals surface area (Å²) in [5, 5.41) is 2.80. The monoisotopic (exact) mass is 237 g/mol. The second-order valence-corrected chi connectivity index (χ2v) is 4.10. The highest BCUT2D eigenvalue weighted by Crippen LogP contribution is 2.07. The molecule has 0 aliphatic heterocycles. The Labute approximate surface area is 107 Å². The van der Waals surface area contributed by atoms with Crippen molar-refractivity contribution in [2.45, 2.75) is 6.92 Å². The first-order valence-electron chi connectivity index (χ1n) is 5.85. The minimum atomic E-state index is -0.123. The number of carbonyl (C=O) groups is 1. The Hall–Kier alpha value is -2.35. The molecule has 0 heterocycles. The van der Waals surface area contributed by atoms with E-state index in [2.05, 4.69) is 5.32 Å². The van der Waals surface area contributed by atoms with E-state index in [9.17, 15) is 4.79 Å². The first-order valence-corrected chi connectivity index (χ1v) is 5.85. The molecule has 0 saturated heterocycles. The summed E-state index contributed by atoms with van der Waals surface area (Å²) in [7, 11) is 0. The third-order valence-corrected chi connectivity index (χ3v) is 2.55. The van der Waals surface area contributed by atoms with Gasteiger partial charge in [0.05, 0.1) is 0 Å². The van der Waals surface area contributed by atoms with Crippen LogP contribution in [0.1, 0.15) is 11.1 Å². The van der Waals surface area contributed by atoms with Gasteiger partial charge in [-0.05, 0) is 30.7 Å². The number of hydrogen-bond donors (Lipinski definition) is 1. The van der Waals surface area contributed by atoms with Crippen LogP contribution in [0.4, 0.5) is 5.69 Å². The zero-order valence-corrected chi connectivity index (χ0v) is 10.3. The van der Waals surface area contributed by atoms with Gasteiger partial charge < -0.3 is 5.32 Å². The van der Waals surface area contributed by atoms with E-state index < -0.39 is 0 Å². The van der Waals surface area contributed by atoms with E-state index in [4.69, 9.17) is 0 Å². The van der Waals surface area contributed by atoms with Gasteiger partial charge in [0.15, 0.2) is 0 Å². The Morgan fingerprint density at radius 3 is 2.33 bits per heavy atom. The van der Waals surface area contributed by atoms with E-state index >= 15 is 0 Å². The molecule has 2 heteroatoms. The lowest BCUT2D eigenvalue weighted by molar-refractivity contribution is -0.111. The third kappa shape index (κ3) is 3.59. The maximum absolute atomic E-state index is 11.7. The Bertz CT molecular complexity index is 541. The Morgan fingerprint density at radius 1 is 1.00 bits per heavy atom. The van der Waals surface area contributed by atoms with Gasteiger partial charge in [-0.25, -0.2) is 0 Å². The van der Waals surface area contributed by atoms with Crippen LogP contribution in [-0.2, 0) is 4.79 Å². The van der Waals surface area contributed by atoms with E-state index in [1.165, 1.54) is 11.6 Å². The van der Waals surface area contributed by atoms with E-state index in [1.807, 2.05) is 61.5 Å². The predicted octanol–water partition coefficient (Wildman–Crippen LogP) is 3.65. The van der Waals surface area contributed by atoms with Gasteiger partial charge in [-0.2, -0.15) is 0 Å². The molecule has 2 aromatic rings. The lowest BCUT2D eigenvalue weighted by Crippen LogP contribution is -2.07. The minimum absolute atomic E-state index is 0.123. The van der Waals surface area contributed by atoms with Crippen LogP contribution in [0.3, 0.4) is 0 Å². The van der Waals surface area contributed by atoms with Gasteiger partial charge >= 0.3 is 0 Å². The molecule has 0 fully saturated rings. The number of rotatable bonds is 3. The van der Waals surface area contributed by atoms with E-state index in [1.54, 1.807) is 6.08 Å². The topological polar surface area (TPSA) is 29.1 Å². The molecule has 18 heavy (non-hydrogen) atoms. The van der Waals surface area contributed by atoms with Gasteiger partial charge in [0.25, 0.3) is 0 Å². The molecule has 0 aliphatic rings. The lowest BCUT2D eigenvalue weighted by atomic mass is 10.1. The smallest absolute Gasteiger partial charge is 0.248 e. The molecule has 1 N–H and O–H groups in total. The van der Waals surface area contributed by atoms with E-state index in [0.29, 0.717) is 0 Å². The summed E-state index contributed by atoms with van der Waals surface area (Å²) < 4.78 is 0. The number of amides is 1. The fourth-order valence-corrected chi connectivity index (χ4v) is 1.55. The van der Waals surface area contributed by atoms with Gasteiger partial charge in [0.1, 0.15) is 0 Å². The molecular weight excluding hydrogens is 222 g/mol. The average Bonchev–Trinajstić information content (AvgIpc) is 2.39. The van der Waals surface area contributed by atoms with Gasteiger partial charge in [0, 0.05) is 11.8 Å². The van der Waals surface area contributed by atoms with Crippen LogP contribution >= 0.6 is 0 Å². The molecule has 1 amide bonds. The van der Waals surface area contributed by atoms with Crippen LogP contribution in [-0.4, -0.2) is 5.91 Å². The normalized spacial score (nSPS) is 10.5. The molecule has 90 valence electrons. The summed E-state index contributed by atoms with van der Waals surface area (Å²) in [6, 6.07) is 17.4. The van der Waals surface area contributed by atoms with Crippen LogP contribution in [0, 0.1) is 6.92 Å². The molecule has 0 spiro atoms. The summed E-state index contributed by atoms with van der Waals surface area (Å²) in [6.07, 6.45) is 3.34. The zero-order chi connectivity index (χ0) is 12.8. The quantitative estimate of drug-likeness (QED) is 0.811. The number of para-hydroxylation sites is 1. The molecule has 2 aromatic carbocycles. The van der Waals surface area contributed by atoms with Gasteiger partial charge in [-0.1, -0.05) is 48.0 Å². The summed E-state index contributed by atoms with van der Waals surface area (Å²) in [4.78, 5) is 11.7. The summed E-state index contributed by atoms with van der Waals surface area (Å²) in [6.45, 7) is 2.04. The molecule has 0 unspecified atom stereocenters. The fourth-order valence-electron chi connectivity index (χ4n) is 1.55. The number of anilines is 1. The zero-order valence-electron chi connectivity index (χ0n) is 10.3. The van der Waals surface area contributed by atoms with Crippen molar-refractivity contribution in [3.63, 3.8) is 0 Å². The van der Waals surface area contributed by atoms with Crippen LogP contribution in [0.15, 0.2) is 60.7 Å². The van der Waals surface area contributed by atoms with Gasteiger partial charge in [0.2, 0.25) is 5.91 Å². The average molecular weight is 237 g/mol. The number of carbonyl (C=O) groups excluding carboxylic acids is 1. The number of aryl methyl sites for hydroxylation is 1. The van der Waals surface area contributed by atoms with Crippen molar-refractivity contribution in [1.82, 2.24) is 0 Å². The van der Waals surface area contributed by atoms with E-state index in [0.717, 1.165) is 11.3 Å². The molecule has 0 radical (unpaired) electrons. The van der Waals surface area contributed by atoms with Crippen LogP contribution in [0.5, 0.6) is 0 Å². The molecule has 0 aromatic heterocycles. The molecule has 2 rings (SSSR count). The standard InChI is InChI=1S/C16H15NO/c1-13-7-9-14(10-8-13)11-12-16(18)17-15-5-3-2-4-6-15/h2-12H,1H3,(H,17,18). The number of hydrogen-bond acceptors (Lipinski definition) is 1. The van der Waals surface area contributed by atoms with Crippen molar-refractivity contribution < 1.29 is 4.79 Å². The first-order chi connectivity index (χ1) is 8.74. The van der Waals surface area contributed by atoms with Crippen LogP contribution < -0.4 is 5.32 Å². The number of benzene rings is 2. The van der Waals surface area contributed by atoms with Crippen molar-refractivity contribution in [2.24, 2.45) is 0 Å². The van der Waals surface area contributed by atoms with E-state index in [-0.39, 0.29) is 5.91 Å². The Morgan fingerprint density at radius 2 is 1.67 bits per heavy atom. The minimum Gasteiger partial charge on any atom is -0.323 e. The van der Waals surface area contributed by atoms with Crippen molar-refractivity contribution in [3.05, 3.63) is 71.8 Å². The van der Waals surface area contributed by atoms with Crippen LogP contribution in [0.2, 0.25) is 0 Å². The van der Waals surface area contributed by atoms with Crippen LogP contribution in [0.25, 0.3) is 6.08 Å². The first kappa shape index (κ1) is 12.1. The van der Waals surface area contributed by atoms with Crippen molar-refractivity contribution in [1.29, 1.82) is 0 Å². The van der Waals surface area contributed by atoms with Crippen molar-refractivity contribution >= 4 is 17.7 Å². The predicted molar refractivity (Wildman–Crippen MR) is 75.3 cm³/mol. The van der Waals surface area contributed by atoms with Gasteiger partial charge in [-0.3, -0.25) is 4.79 Å². The largest absolute Gasteiger partial charge is 0.323 e. The summed E-state index contributed by atoms with van der Waals surface area (Å²) >= 11 is 0. The molecule has 0 aliphatic carbocycles. The number of nitrogens with one attached hydrogen (secondary N) is 1. The molecule has 2 nitrogen and oxygen atoms in total. The molecule has 0 atom stereocenters. The molecule has 0 saturated carbocycles. The highest BCUT2D eigenvalue weighted by Gasteiger charge is 1.96. The van der Waals surface area contributed by atoms with Crippen molar-refractivity contribution in [2.75, 3.05) is 5.32 Å². The second kappa shape index (κ2) is 5.82. The highest BCUT2D eigenvalue weighted by molar-refractivity contribution is 6.01. The maximum atomic E-state index is 11.7. The SMILES string of the molecule is Cc1ccc(C=CC(=O)Nc2ccccc2)cc1. The Kier molecular flexibility index (Phi) is 3.92. The second-order valence-electron chi connectivity index (χ2n) is 4.10. The van der Waals surface area contributed by atoms with Gasteiger partial charge in [-0.15, -0.1) is 0 Å². The van der Waals surface area contributed by atoms with Crippen molar-refractivity contribution in [3.8, 4) is 0 Å².